The molecule has 0 amide bonds. The maximum Gasteiger partial charge on any atom is 0.0613 e. The summed E-state index contributed by atoms with van der Waals surface area (Å²) >= 11 is 4.01. The van der Waals surface area contributed by atoms with E-state index in [4.69, 9.17) is 4.18 Å². The fourth-order valence-corrected chi connectivity index (χ4v) is 9.40. The Morgan fingerprint density at radius 2 is 1.79 bits per heavy atom. The molecule has 8 atom stereocenters. The summed E-state index contributed by atoms with van der Waals surface area (Å²) in [6.07, 6.45) is 15.6. The normalized spacial score (nSPS) is 47.2. The molecule has 0 bridgehead atoms. The van der Waals surface area contributed by atoms with Crippen molar-refractivity contribution in [2.45, 2.75) is 112 Å². The second-order valence-corrected chi connectivity index (χ2v) is 11.9. The molecule has 1 nitrogen and oxygen atoms in total. The summed E-state index contributed by atoms with van der Waals surface area (Å²) in [5.74, 6) is 4.44. The zero-order chi connectivity index (χ0) is 20.6. The summed E-state index contributed by atoms with van der Waals surface area (Å²) in [5.41, 5.74) is 1.59. The molecule has 3 rings (SSSR count). The van der Waals surface area contributed by atoms with Crippen molar-refractivity contribution in [2.75, 3.05) is 6.61 Å². The number of thiol groups is 1. The number of hydrogen-bond acceptors (Lipinski definition) is 2. The van der Waals surface area contributed by atoms with E-state index in [1.165, 1.54) is 64.2 Å². The molecule has 3 fully saturated rings. The first-order valence-electron chi connectivity index (χ1n) is 12.5. The van der Waals surface area contributed by atoms with Crippen LogP contribution in [0.15, 0.2) is 0 Å². The Kier molecular flexibility index (Phi) is 7.24. The van der Waals surface area contributed by atoms with Gasteiger partial charge in [-0.1, -0.05) is 67.2 Å². The molecule has 0 aromatic rings. The van der Waals surface area contributed by atoms with E-state index in [9.17, 15) is 0 Å². The largest absolute Gasteiger partial charge is 0.318 e. The predicted octanol–water partition coefficient (Wildman–Crippen LogP) is 8.34. The first kappa shape index (κ1) is 23.0. The van der Waals surface area contributed by atoms with Crippen molar-refractivity contribution in [1.29, 1.82) is 0 Å². The lowest BCUT2D eigenvalue weighted by Gasteiger charge is -2.55. The number of rotatable bonds is 8. The molecule has 3 aliphatic carbocycles. The summed E-state index contributed by atoms with van der Waals surface area (Å²) in [6, 6.07) is 0. The predicted molar refractivity (Wildman–Crippen MR) is 125 cm³/mol. The van der Waals surface area contributed by atoms with Gasteiger partial charge in [0, 0.05) is 0 Å². The van der Waals surface area contributed by atoms with Gasteiger partial charge in [-0.05, 0) is 104 Å². The van der Waals surface area contributed by atoms with Crippen molar-refractivity contribution in [1.82, 2.24) is 0 Å². The van der Waals surface area contributed by atoms with Crippen molar-refractivity contribution in [2.24, 2.45) is 45.8 Å². The lowest BCUT2D eigenvalue weighted by Crippen LogP contribution is -2.49. The van der Waals surface area contributed by atoms with Crippen LogP contribution in [0.5, 0.6) is 0 Å². The maximum absolute atomic E-state index is 5.16. The van der Waals surface area contributed by atoms with Crippen molar-refractivity contribution < 1.29 is 4.18 Å². The summed E-state index contributed by atoms with van der Waals surface area (Å²) in [6.45, 7) is 16.3. The fraction of sp³-hybridized carbons (Fsp3) is 1.00. The smallest absolute Gasteiger partial charge is 0.0613 e. The van der Waals surface area contributed by atoms with Crippen LogP contribution in [-0.2, 0) is 4.18 Å². The van der Waals surface area contributed by atoms with Gasteiger partial charge in [-0.15, -0.1) is 0 Å². The third-order valence-corrected chi connectivity index (χ3v) is 10.9. The van der Waals surface area contributed by atoms with Crippen LogP contribution >= 0.6 is 12.9 Å². The quantitative estimate of drug-likeness (QED) is 0.313. The van der Waals surface area contributed by atoms with E-state index in [2.05, 4.69) is 54.5 Å². The van der Waals surface area contributed by atoms with E-state index < -0.39 is 0 Å². The zero-order valence-corrected chi connectivity index (χ0v) is 20.6. The Hall–Kier alpha value is 0.310. The van der Waals surface area contributed by atoms with Crippen LogP contribution in [0.25, 0.3) is 0 Å². The molecule has 0 aromatic heterocycles. The molecule has 0 spiro atoms. The van der Waals surface area contributed by atoms with Crippen molar-refractivity contribution in [3.8, 4) is 0 Å². The highest BCUT2D eigenvalue weighted by Crippen LogP contribution is 2.73. The second-order valence-electron chi connectivity index (χ2n) is 11.7. The fourth-order valence-electron chi connectivity index (χ4n) is 9.30. The first-order chi connectivity index (χ1) is 13.3. The van der Waals surface area contributed by atoms with Gasteiger partial charge in [0.25, 0.3) is 0 Å². The minimum Gasteiger partial charge on any atom is -0.318 e. The van der Waals surface area contributed by atoms with Gasteiger partial charge in [-0.3, -0.25) is 0 Å². The van der Waals surface area contributed by atoms with Crippen LogP contribution in [-0.4, -0.2) is 6.61 Å². The molecule has 0 aliphatic heterocycles. The van der Waals surface area contributed by atoms with E-state index in [0.717, 1.165) is 42.6 Å². The van der Waals surface area contributed by atoms with Crippen molar-refractivity contribution in [3.05, 3.63) is 0 Å². The minimum atomic E-state index is 0.493. The average Bonchev–Trinajstić information content (AvgIpc) is 3.13. The van der Waals surface area contributed by atoms with Gasteiger partial charge in [0.1, 0.15) is 0 Å². The Morgan fingerprint density at radius 3 is 2.43 bits per heavy atom. The molecule has 3 saturated carbocycles. The number of hydrogen-bond donors (Lipinski definition) is 1. The number of fused-ring (bicyclic) bond motifs is 1. The molecule has 0 N–H and O–H groups in total. The van der Waals surface area contributed by atoms with Gasteiger partial charge in [-0.25, -0.2) is 0 Å². The monoisotopic (exact) mass is 408 g/mol. The SMILES string of the molecule is CCCC1(C)C([C@H](C)CCOS)CCC1C1(C)C[C@H](CC)C2CCCCC21C. The third kappa shape index (κ3) is 3.51. The van der Waals surface area contributed by atoms with E-state index in [1.54, 1.807) is 0 Å². The molecular formula is C26H48OS. The Morgan fingerprint density at radius 1 is 1.04 bits per heavy atom. The van der Waals surface area contributed by atoms with Gasteiger partial charge in [0.15, 0.2) is 0 Å². The van der Waals surface area contributed by atoms with Crippen LogP contribution in [0.1, 0.15) is 112 Å². The van der Waals surface area contributed by atoms with E-state index >= 15 is 0 Å². The Bertz CT molecular complexity index is 521. The molecule has 0 radical (unpaired) electrons. The lowest BCUT2D eigenvalue weighted by atomic mass is 9.49. The molecule has 0 aromatic carbocycles. The van der Waals surface area contributed by atoms with Crippen molar-refractivity contribution >= 4 is 12.9 Å². The average molecular weight is 409 g/mol. The molecule has 6 unspecified atom stereocenters. The van der Waals surface area contributed by atoms with Crippen LogP contribution in [0.3, 0.4) is 0 Å². The molecular weight excluding hydrogens is 360 g/mol. The summed E-state index contributed by atoms with van der Waals surface area (Å²) < 4.78 is 5.16. The standard InChI is InChI=1S/C26H48OS/c1-7-15-24(4)21(19(3)14-17-27-28)12-13-23(24)26(6)18-20(8-2)22-11-9-10-16-25(22,26)5/h19-23,28H,7-18H2,1-6H3/t19-,20+,21?,22?,23?,24?,25?,26?/m1/s1. The highest BCUT2D eigenvalue weighted by Gasteiger charge is 2.65. The molecule has 164 valence electrons. The van der Waals surface area contributed by atoms with Gasteiger partial charge < -0.3 is 4.18 Å². The molecule has 3 aliphatic rings. The van der Waals surface area contributed by atoms with Crippen LogP contribution in [0.2, 0.25) is 0 Å². The highest BCUT2D eigenvalue weighted by atomic mass is 32.1. The molecule has 28 heavy (non-hydrogen) atoms. The van der Waals surface area contributed by atoms with E-state index in [0.29, 0.717) is 16.2 Å². The van der Waals surface area contributed by atoms with Crippen LogP contribution in [0.4, 0.5) is 0 Å². The molecule has 0 heterocycles. The van der Waals surface area contributed by atoms with Gasteiger partial charge in [0.05, 0.1) is 6.61 Å². The van der Waals surface area contributed by atoms with Gasteiger partial charge in [-0.2, -0.15) is 0 Å². The zero-order valence-electron chi connectivity index (χ0n) is 19.7. The topological polar surface area (TPSA) is 9.23 Å². The summed E-state index contributed by atoms with van der Waals surface area (Å²) in [4.78, 5) is 0. The molecule has 0 saturated heterocycles. The van der Waals surface area contributed by atoms with E-state index in [-0.39, 0.29) is 0 Å². The van der Waals surface area contributed by atoms with Crippen LogP contribution in [0, 0.1) is 45.8 Å². The van der Waals surface area contributed by atoms with Crippen LogP contribution < -0.4 is 0 Å². The van der Waals surface area contributed by atoms with Crippen molar-refractivity contribution in [3.63, 3.8) is 0 Å². The van der Waals surface area contributed by atoms with E-state index in [1.807, 2.05) is 0 Å². The Labute approximate surface area is 181 Å². The maximum atomic E-state index is 5.16. The highest BCUT2D eigenvalue weighted by molar-refractivity contribution is 7.75. The molecule has 2 heteroatoms. The van der Waals surface area contributed by atoms with Gasteiger partial charge >= 0.3 is 0 Å². The summed E-state index contributed by atoms with van der Waals surface area (Å²) in [5, 5.41) is 0. The third-order valence-electron chi connectivity index (χ3n) is 10.7. The first-order valence-corrected chi connectivity index (χ1v) is 12.9. The lowest BCUT2D eigenvalue weighted by molar-refractivity contribution is -0.0711. The summed E-state index contributed by atoms with van der Waals surface area (Å²) in [7, 11) is 0. The minimum absolute atomic E-state index is 0.493. The van der Waals surface area contributed by atoms with Gasteiger partial charge in [0.2, 0.25) is 0 Å². The second kappa shape index (κ2) is 8.81. The Balaban J connectivity index is 1.94.